The minimum atomic E-state index is -7.40. The van der Waals surface area contributed by atoms with Crippen LogP contribution in [-0.4, -0.2) is 61.8 Å². The third-order valence-corrected chi connectivity index (χ3v) is 8.44. The molecule has 0 aromatic rings. The zero-order chi connectivity index (χ0) is 29.3. The van der Waals surface area contributed by atoms with E-state index < -0.39 is 74.3 Å². The normalized spacial score (nSPS) is 14.4. The fourth-order valence-corrected chi connectivity index (χ4v) is 5.80. The summed E-state index contributed by atoms with van der Waals surface area (Å²) >= 11 is 0. The number of alkyl halides is 9. The predicted molar refractivity (Wildman–Crippen MR) is 121 cm³/mol. The van der Waals surface area contributed by atoms with E-state index in [0.29, 0.717) is 12.8 Å². The van der Waals surface area contributed by atoms with Crippen LogP contribution in [0.15, 0.2) is 0 Å². The van der Waals surface area contributed by atoms with Crippen molar-refractivity contribution in [3.8, 4) is 0 Å². The van der Waals surface area contributed by atoms with Gasteiger partial charge in [-0.1, -0.05) is 62.9 Å². The van der Waals surface area contributed by atoms with Crippen molar-refractivity contribution in [2.75, 3.05) is 19.6 Å². The quantitative estimate of drug-likeness (QED) is 0.0570. The van der Waals surface area contributed by atoms with Gasteiger partial charge in [0.25, 0.3) is 0 Å². The smallest absolute Gasteiger partial charge is 0.217 e. The molecule has 0 aromatic heterocycles. The summed E-state index contributed by atoms with van der Waals surface area (Å²) in [6.45, 7) is 4.50. The lowest BCUT2D eigenvalue weighted by Crippen LogP contribution is -2.74. The van der Waals surface area contributed by atoms with Crippen LogP contribution in [0.2, 0.25) is 0 Å². The lowest BCUT2D eigenvalue weighted by atomic mass is 10.1. The van der Waals surface area contributed by atoms with Crippen molar-refractivity contribution in [3.63, 3.8) is 0 Å². The fraction of sp³-hybridized carbons (Fsp3) is 0.955. The highest BCUT2D eigenvalue weighted by Gasteiger charge is 2.90. The number of unbranched alkanes of at least 4 members (excludes halogenated alkanes) is 8. The third kappa shape index (κ3) is 7.52. The van der Waals surface area contributed by atoms with Gasteiger partial charge in [0.1, 0.15) is 19.6 Å². The van der Waals surface area contributed by atoms with Gasteiger partial charge in [0.15, 0.2) is 0 Å². The van der Waals surface area contributed by atoms with Crippen molar-refractivity contribution in [2.24, 2.45) is 0 Å². The van der Waals surface area contributed by atoms with Crippen LogP contribution < -0.4 is 4.41 Å². The summed E-state index contributed by atoms with van der Waals surface area (Å²) in [6, 6.07) is 0. The van der Waals surface area contributed by atoms with E-state index in [1.807, 2.05) is 0 Å². The summed E-state index contributed by atoms with van der Waals surface area (Å²) in [5, 5.41) is -6.96. The minimum absolute atomic E-state index is 0.0162. The van der Waals surface area contributed by atoms with E-state index >= 15 is 0 Å². The van der Waals surface area contributed by atoms with Gasteiger partial charge in [-0.25, -0.2) is 4.79 Å². The molecule has 0 saturated carbocycles. The highest BCUT2D eigenvalue weighted by atomic mass is 32.2. The SMILES string of the molecule is CCCCCCCCCCCC(=O)[N+]([N+](CC)(CC)CC)S(=O)(=O)C(F)(F)C(F)(F)C(F)(F)C(F)(F)F. The molecule has 0 aromatic carbocycles. The van der Waals surface area contributed by atoms with Gasteiger partial charge in [0.2, 0.25) is 4.41 Å². The van der Waals surface area contributed by atoms with Gasteiger partial charge in [-0.3, -0.25) is 0 Å². The van der Waals surface area contributed by atoms with Crippen molar-refractivity contribution in [2.45, 2.75) is 115 Å². The van der Waals surface area contributed by atoms with Gasteiger partial charge in [0, 0.05) is 0 Å². The van der Waals surface area contributed by atoms with Crippen molar-refractivity contribution >= 4 is 15.9 Å². The maximum Gasteiger partial charge on any atom is 0.475 e. The zero-order valence-corrected chi connectivity index (χ0v) is 22.4. The van der Waals surface area contributed by atoms with E-state index in [1.165, 1.54) is 20.8 Å². The average molecular weight is 582 g/mol. The molecule has 1 amide bonds. The van der Waals surface area contributed by atoms with Gasteiger partial charge in [-0.15, -0.1) is 0 Å². The van der Waals surface area contributed by atoms with E-state index in [0.717, 1.165) is 38.5 Å². The van der Waals surface area contributed by atoms with E-state index in [-0.39, 0.29) is 6.42 Å². The summed E-state index contributed by atoms with van der Waals surface area (Å²) in [4.78, 5) is 12.9. The Morgan fingerprint density at radius 3 is 1.38 bits per heavy atom. The molecule has 0 aliphatic rings. The van der Waals surface area contributed by atoms with Crippen LogP contribution in [0.1, 0.15) is 91.9 Å². The molecule has 5 nitrogen and oxygen atoms in total. The van der Waals surface area contributed by atoms with Crippen molar-refractivity contribution in [3.05, 3.63) is 0 Å². The van der Waals surface area contributed by atoms with E-state index in [1.54, 1.807) is 0 Å². The summed E-state index contributed by atoms with van der Waals surface area (Å²) < 4.78 is 146. The second kappa shape index (κ2) is 13.8. The molecule has 0 aliphatic heterocycles. The number of hydrogen-bond donors (Lipinski definition) is 0. The topological polar surface area (TPSA) is 57.1 Å². The average Bonchev–Trinajstić information content (AvgIpc) is 2.80. The van der Waals surface area contributed by atoms with Gasteiger partial charge >= 0.3 is 39.2 Å². The first-order valence-corrected chi connectivity index (χ1v) is 13.9. The van der Waals surface area contributed by atoms with E-state index in [2.05, 4.69) is 6.92 Å². The standard InChI is InChI=1S/C22H38F9N2O3S/c1-5-9-10-11-12-13-14-15-16-17-18(34)32(33(6-2,7-3)8-4)37(35,36)22(30,31)20(25,26)19(23,24)21(27,28)29/h5-17H2,1-4H3/q+2. The maximum absolute atomic E-state index is 14.6. The van der Waals surface area contributed by atoms with Gasteiger partial charge in [-0.05, 0) is 27.2 Å². The molecule has 37 heavy (non-hydrogen) atoms. The Morgan fingerprint density at radius 1 is 0.649 bits per heavy atom. The molecule has 0 heterocycles. The highest BCUT2D eigenvalue weighted by Crippen LogP contribution is 2.55. The number of halogens is 9. The number of amides is 1. The van der Waals surface area contributed by atoms with Gasteiger partial charge in [-0.2, -0.15) is 47.9 Å². The third-order valence-electron chi connectivity index (χ3n) is 6.53. The highest BCUT2D eigenvalue weighted by molar-refractivity contribution is 7.91. The number of quaternary nitrogens is 1. The Morgan fingerprint density at radius 2 is 1.03 bits per heavy atom. The Bertz CT molecular complexity index is 806. The molecule has 0 spiro atoms. The van der Waals surface area contributed by atoms with Crippen LogP contribution in [-0.2, 0) is 14.8 Å². The molecular formula is C22H38F9N2O3S+2. The zero-order valence-electron chi connectivity index (χ0n) is 21.6. The molecule has 0 atom stereocenters. The Labute approximate surface area is 213 Å². The first kappa shape index (κ1) is 35.9. The van der Waals surface area contributed by atoms with E-state index in [9.17, 15) is 52.7 Å². The van der Waals surface area contributed by atoms with Crippen LogP contribution >= 0.6 is 0 Å². The van der Waals surface area contributed by atoms with Crippen LogP contribution in [0.3, 0.4) is 0 Å². The summed E-state index contributed by atoms with van der Waals surface area (Å²) in [5.41, 5.74) is 0. The number of nitrogens with zero attached hydrogens (tertiary/aromatic N) is 2. The molecule has 15 heteroatoms. The molecule has 1 radical (unpaired) electrons. The lowest BCUT2D eigenvalue weighted by molar-refractivity contribution is -0.972. The molecule has 0 fully saturated rings. The van der Waals surface area contributed by atoms with Crippen molar-refractivity contribution < 1.29 is 57.3 Å². The molecule has 0 rings (SSSR count). The van der Waals surface area contributed by atoms with Crippen molar-refractivity contribution in [1.29, 1.82) is 0 Å². The van der Waals surface area contributed by atoms with Crippen LogP contribution in [0.5, 0.6) is 0 Å². The summed E-state index contributed by atoms with van der Waals surface area (Å²) in [5.74, 6) is -16.4. The predicted octanol–water partition coefficient (Wildman–Crippen LogP) is 7.12. The Kier molecular flexibility index (Phi) is 13.4. The van der Waals surface area contributed by atoms with E-state index in [4.69, 9.17) is 0 Å². The van der Waals surface area contributed by atoms with Crippen molar-refractivity contribution in [1.82, 2.24) is 4.41 Å². The minimum Gasteiger partial charge on any atom is -0.217 e. The first-order chi connectivity index (χ1) is 16.8. The van der Waals surface area contributed by atoms with Crippen LogP contribution in [0.25, 0.3) is 0 Å². The van der Waals surface area contributed by atoms with Crippen LogP contribution in [0.4, 0.5) is 39.5 Å². The number of hydrogen-bond acceptors (Lipinski definition) is 3. The first-order valence-electron chi connectivity index (χ1n) is 12.4. The largest absolute Gasteiger partial charge is 0.475 e. The van der Waals surface area contributed by atoms with Crippen LogP contribution in [0, 0.1) is 0 Å². The molecule has 221 valence electrons. The number of carbonyl (C=O) groups excluding carboxylic acids is 1. The van der Waals surface area contributed by atoms with Gasteiger partial charge < -0.3 is 0 Å². The monoisotopic (exact) mass is 581 g/mol. The Hall–Kier alpha value is -1.09. The van der Waals surface area contributed by atoms with Gasteiger partial charge in [0.05, 0.1) is 6.42 Å². The fourth-order valence-electron chi connectivity index (χ4n) is 3.97. The summed E-state index contributed by atoms with van der Waals surface area (Å²) in [7, 11) is -7.06. The summed E-state index contributed by atoms with van der Waals surface area (Å²) in [6.07, 6.45) is -1.02. The second-order valence-electron chi connectivity index (χ2n) is 8.93. The molecule has 0 bridgehead atoms. The number of sulfonamides is 1. The molecule has 0 N–H and O–H groups in total. The molecular weight excluding hydrogens is 543 g/mol. The maximum atomic E-state index is 14.6. The number of rotatable bonds is 18. The molecule has 0 unspecified atom stereocenters. The molecule has 0 aliphatic carbocycles. The Balaban J connectivity index is 6.07. The molecule has 0 saturated heterocycles. The number of carbonyl (C=O) groups is 1. The second-order valence-corrected chi connectivity index (χ2v) is 10.7. The lowest BCUT2D eigenvalue weighted by Gasteiger charge is -2.35.